The first-order valence-corrected chi connectivity index (χ1v) is 8.49. The summed E-state index contributed by atoms with van der Waals surface area (Å²) in [6, 6.07) is 4.43. The molecule has 0 aliphatic rings. The third-order valence-corrected chi connectivity index (χ3v) is 4.57. The predicted octanol–water partition coefficient (Wildman–Crippen LogP) is 2.11. The maximum absolute atomic E-state index is 12.6. The van der Waals surface area contributed by atoms with Crippen molar-refractivity contribution in [3.8, 4) is 0 Å². The summed E-state index contributed by atoms with van der Waals surface area (Å²) in [5.41, 5.74) is -0.968. The summed E-state index contributed by atoms with van der Waals surface area (Å²) in [5.74, 6) is -0.699. The Morgan fingerprint density at radius 1 is 1.33 bits per heavy atom. The van der Waals surface area contributed by atoms with Crippen LogP contribution < -0.4 is 0 Å². The smallest absolute Gasteiger partial charge is 0.321 e. The molecule has 0 saturated heterocycles. The van der Waals surface area contributed by atoms with Gasteiger partial charge in [0.1, 0.15) is 12.1 Å². The lowest BCUT2D eigenvalue weighted by Crippen LogP contribution is -2.38. The Morgan fingerprint density at radius 2 is 1.88 bits per heavy atom. The number of non-ortho nitro benzene ring substituents is 1. The van der Waals surface area contributed by atoms with Gasteiger partial charge in [0.25, 0.3) is 5.69 Å². The van der Waals surface area contributed by atoms with Crippen LogP contribution in [-0.2, 0) is 19.6 Å². The lowest BCUT2D eigenvalue weighted by atomic mass is 10.2. The molecule has 0 aliphatic heterocycles. The Bertz CT molecular complexity index is 719. The SMILES string of the molecule is C=CCN(CC(=O)OC(C)(C)C)S(=O)(=O)c1ccc([N+](=O)[O-])cc1. The molecule has 0 aliphatic carbocycles. The number of carbonyl (C=O) groups is 1. The molecule has 0 unspecified atom stereocenters. The summed E-state index contributed by atoms with van der Waals surface area (Å²) in [4.78, 5) is 21.8. The van der Waals surface area contributed by atoms with E-state index in [4.69, 9.17) is 4.74 Å². The van der Waals surface area contributed by atoms with Gasteiger partial charge in [0, 0.05) is 18.7 Å². The Balaban J connectivity index is 3.06. The third kappa shape index (κ3) is 5.43. The fraction of sp³-hybridized carbons (Fsp3) is 0.400. The van der Waals surface area contributed by atoms with Crippen LogP contribution in [0.5, 0.6) is 0 Å². The second kappa shape index (κ2) is 7.54. The summed E-state index contributed by atoms with van der Waals surface area (Å²) in [7, 11) is -4.02. The van der Waals surface area contributed by atoms with Crippen LogP contribution in [0.15, 0.2) is 41.8 Å². The first kappa shape index (κ1) is 19.8. The van der Waals surface area contributed by atoms with Crippen LogP contribution in [0.25, 0.3) is 0 Å². The average molecular weight is 356 g/mol. The zero-order chi connectivity index (χ0) is 18.5. The van der Waals surface area contributed by atoms with Gasteiger partial charge in [-0.15, -0.1) is 6.58 Å². The van der Waals surface area contributed by atoms with Crippen molar-refractivity contribution in [2.75, 3.05) is 13.1 Å². The number of hydrogen-bond donors (Lipinski definition) is 0. The normalized spacial score (nSPS) is 12.0. The van der Waals surface area contributed by atoms with Gasteiger partial charge in [-0.25, -0.2) is 8.42 Å². The average Bonchev–Trinajstić information content (AvgIpc) is 2.45. The molecule has 0 atom stereocenters. The molecule has 0 aromatic heterocycles. The fourth-order valence-corrected chi connectivity index (χ4v) is 3.15. The van der Waals surface area contributed by atoms with Gasteiger partial charge in [0.2, 0.25) is 10.0 Å². The van der Waals surface area contributed by atoms with E-state index >= 15 is 0 Å². The number of carbonyl (C=O) groups excluding carboxylic acids is 1. The van der Waals surface area contributed by atoms with Gasteiger partial charge >= 0.3 is 5.97 Å². The van der Waals surface area contributed by atoms with Crippen LogP contribution in [0.3, 0.4) is 0 Å². The Morgan fingerprint density at radius 3 is 2.29 bits per heavy atom. The molecule has 0 heterocycles. The number of ether oxygens (including phenoxy) is 1. The molecule has 0 saturated carbocycles. The lowest BCUT2D eigenvalue weighted by Gasteiger charge is -2.24. The topological polar surface area (TPSA) is 107 Å². The summed E-state index contributed by atoms with van der Waals surface area (Å²) < 4.78 is 31.2. The summed E-state index contributed by atoms with van der Waals surface area (Å²) in [6.45, 7) is 7.92. The molecule has 24 heavy (non-hydrogen) atoms. The van der Waals surface area contributed by atoms with Crippen molar-refractivity contribution >= 4 is 21.7 Å². The van der Waals surface area contributed by atoms with E-state index in [1.54, 1.807) is 20.8 Å². The number of nitro benzene ring substituents is 1. The van der Waals surface area contributed by atoms with Crippen LogP contribution in [0, 0.1) is 10.1 Å². The molecule has 0 amide bonds. The minimum Gasteiger partial charge on any atom is -0.459 e. The molecular formula is C15H20N2O6S. The molecular weight excluding hydrogens is 336 g/mol. The largest absolute Gasteiger partial charge is 0.459 e. The van der Waals surface area contributed by atoms with E-state index in [1.165, 1.54) is 6.08 Å². The van der Waals surface area contributed by atoms with Crippen molar-refractivity contribution in [3.05, 3.63) is 47.0 Å². The van der Waals surface area contributed by atoms with E-state index < -0.39 is 33.1 Å². The molecule has 0 radical (unpaired) electrons. The Hall–Kier alpha value is -2.26. The molecule has 9 heteroatoms. The second-order valence-corrected chi connectivity index (χ2v) is 7.86. The molecule has 132 valence electrons. The number of nitrogens with zero attached hydrogens (tertiary/aromatic N) is 2. The maximum atomic E-state index is 12.6. The van der Waals surface area contributed by atoms with Crippen molar-refractivity contribution in [1.29, 1.82) is 0 Å². The van der Waals surface area contributed by atoms with Gasteiger partial charge < -0.3 is 4.74 Å². The highest BCUT2D eigenvalue weighted by Gasteiger charge is 2.28. The molecule has 1 rings (SSSR count). The summed E-state index contributed by atoms with van der Waals surface area (Å²) >= 11 is 0. The Kier molecular flexibility index (Phi) is 6.22. The van der Waals surface area contributed by atoms with E-state index in [0.717, 1.165) is 28.6 Å². The highest BCUT2D eigenvalue weighted by molar-refractivity contribution is 7.89. The summed E-state index contributed by atoms with van der Waals surface area (Å²) in [6.07, 6.45) is 1.34. The van der Waals surface area contributed by atoms with E-state index in [1.807, 2.05) is 0 Å². The van der Waals surface area contributed by atoms with Crippen LogP contribution in [0.2, 0.25) is 0 Å². The third-order valence-electron chi connectivity index (χ3n) is 2.74. The van der Waals surface area contributed by atoms with E-state index in [0.29, 0.717) is 0 Å². The van der Waals surface area contributed by atoms with Gasteiger partial charge in [-0.3, -0.25) is 14.9 Å². The first-order chi connectivity index (χ1) is 11.0. The molecule has 0 spiro atoms. The molecule has 0 fully saturated rings. The molecule has 1 aromatic carbocycles. The number of esters is 1. The van der Waals surface area contributed by atoms with E-state index in [9.17, 15) is 23.3 Å². The van der Waals surface area contributed by atoms with Gasteiger partial charge in [-0.2, -0.15) is 4.31 Å². The fourth-order valence-electron chi connectivity index (χ4n) is 1.80. The van der Waals surface area contributed by atoms with Crippen LogP contribution >= 0.6 is 0 Å². The van der Waals surface area contributed by atoms with Crippen molar-refractivity contribution in [1.82, 2.24) is 4.31 Å². The summed E-state index contributed by atoms with van der Waals surface area (Å²) in [5, 5.41) is 10.6. The zero-order valence-corrected chi connectivity index (χ0v) is 14.6. The Labute approximate surface area is 140 Å². The minimum atomic E-state index is -4.02. The van der Waals surface area contributed by atoms with E-state index in [2.05, 4.69) is 6.58 Å². The highest BCUT2D eigenvalue weighted by atomic mass is 32.2. The quantitative estimate of drug-likeness (QED) is 0.320. The van der Waals surface area contributed by atoms with Crippen LogP contribution in [-0.4, -0.2) is 42.3 Å². The van der Waals surface area contributed by atoms with Crippen molar-refractivity contribution in [2.24, 2.45) is 0 Å². The number of hydrogen-bond acceptors (Lipinski definition) is 6. The van der Waals surface area contributed by atoms with Crippen LogP contribution in [0.1, 0.15) is 20.8 Å². The predicted molar refractivity (Wildman–Crippen MR) is 87.9 cm³/mol. The van der Waals surface area contributed by atoms with Gasteiger partial charge in [-0.1, -0.05) is 6.08 Å². The lowest BCUT2D eigenvalue weighted by molar-refractivity contribution is -0.384. The highest BCUT2D eigenvalue weighted by Crippen LogP contribution is 2.20. The number of rotatable bonds is 7. The minimum absolute atomic E-state index is 0.0986. The molecule has 1 aromatic rings. The van der Waals surface area contributed by atoms with Gasteiger partial charge in [0.05, 0.1) is 9.82 Å². The zero-order valence-electron chi connectivity index (χ0n) is 13.8. The second-order valence-electron chi connectivity index (χ2n) is 5.92. The van der Waals surface area contributed by atoms with E-state index in [-0.39, 0.29) is 17.1 Å². The molecule has 0 bridgehead atoms. The number of sulfonamides is 1. The van der Waals surface area contributed by atoms with Gasteiger partial charge in [0.15, 0.2) is 0 Å². The van der Waals surface area contributed by atoms with Crippen molar-refractivity contribution in [3.63, 3.8) is 0 Å². The van der Waals surface area contributed by atoms with Crippen LogP contribution in [0.4, 0.5) is 5.69 Å². The number of benzene rings is 1. The first-order valence-electron chi connectivity index (χ1n) is 7.05. The van der Waals surface area contributed by atoms with Crippen molar-refractivity contribution in [2.45, 2.75) is 31.3 Å². The molecule has 0 N–H and O–H groups in total. The van der Waals surface area contributed by atoms with Gasteiger partial charge in [-0.05, 0) is 32.9 Å². The van der Waals surface area contributed by atoms with Crippen molar-refractivity contribution < 1.29 is 22.9 Å². The monoisotopic (exact) mass is 356 g/mol. The number of nitro groups is 1. The maximum Gasteiger partial charge on any atom is 0.321 e. The standard InChI is InChI=1S/C15H20N2O6S/c1-5-10-16(11-14(18)23-15(2,3)4)24(21,22)13-8-6-12(7-9-13)17(19)20/h5-9H,1,10-11H2,2-4H3. The molecule has 8 nitrogen and oxygen atoms in total.